The second kappa shape index (κ2) is 9.18. The molecule has 0 aliphatic carbocycles. The number of aryl methyl sites for hydroxylation is 2. The Morgan fingerprint density at radius 3 is 2.32 bits per heavy atom. The second-order valence-corrected chi connectivity index (χ2v) is 7.89. The molecule has 0 aromatic heterocycles. The summed E-state index contributed by atoms with van der Waals surface area (Å²) in [5.41, 5.74) is 2.83. The van der Waals surface area contributed by atoms with E-state index in [1.807, 2.05) is 26.0 Å². The Morgan fingerprint density at radius 1 is 1.13 bits per heavy atom. The number of benzene rings is 2. The highest BCUT2D eigenvalue weighted by Gasteiger charge is 2.34. The largest absolute Gasteiger partial charge is 0.496 e. The van der Waals surface area contributed by atoms with Gasteiger partial charge in [0.1, 0.15) is 18.1 Å². The molecule has 168 valence electrons. The Balaban J connectivity index is 1.65. The van der Waals surface area contributed by atoms with Crippen LogP contribution in [0.25, 0.3) is 0 Å². The molecule has 2 aromatic rings. The lowest BCUT2D eigenvalue weighted by molar-refractivity contribution is -0.138. The van der Waals surface area contributed by atoms with Gasteiger partial charge in [0.15, 0.2) is 0 Å². The molecule has 1 aliphatic heterocycles. The van der Waals surface area contributed by atoms with E-state index < -0.39 is 11.7 Å². The zero-order chi connectivity index (χ0) is 22.8. The van der Waals surface area contributed by atoms with E-state index in [0.717, 1.165) is 48.1 Å². The van der Waals surface area contributed by atoms with Crippen molar-refractivity contribution in [3.8, 4) is 11.5 Å². The fourth-order valence-electron chi connectivity index (χ4n) is 3.90. The number of methoxy groups -OCH3 is 1. The molecule has 1 fully saturated rings. The quantitative estimate of drug-likeness (QED) is 0.711. The maximum absolute atomic E-state index is 13.0. The number of hydrogen-bond acceptors (Lipinski definition) is 4. The lowest BCUT2D eigenvalue weighted by Crippen LogP contribution is -2.52. The molecule has 1 amide bonds. The van der Waals surface area contributed by atoms with Gasteiger partial charge in [-0.2, -0.15) is 13.2 Å². The maximum Gasteiger partial charge on any atom is 0.419 e. The highest BCUT2D eigenvalue weighted by molar-refractivity contribution is 5.79. The van der Waals surface area contributed by atoms with E-state index in [0.29, 0.717) is 5.56 Å². The number of nitrogens with zero attached hydrogens (tertiary/aromatic N) is 1. The Kier molecular flexibility index (Phi) is 6.79. The number of ether oxygens (including phenoxy) is 2. The van der Waals surface area contributed by atoms with Crippen LogP contribution in [0.5, 0.6) is 11.5 Å². The molecule has 3 rings (SSSR count). The molecule has 0 bridgehead atoms. The minimum Gasteiger partial charge on any atom is -0.496 e. The summed E-state index contributed by atoms with van der Waals surface area (Å²) in [5, 5.41) is 2.68. The summed E-state index contributed by atoms with van der Waals surface area (Å²) in [4.78, 5) is 13.8. The fourth-order valence-corrected chi connectivity index (χ4v) is 3.90. The first-order valence-corrected chi connectivity index (χ1v) is 10.0. The van der Waals surface area contributed by atoms with Crippen LogP contribution in [0.15, 0.2) is 30.3 Å². The second-order valence-electron chi connectivity index (χ2n) is 7.89. The first-order valence-electron chi connectivity index (χ1n) is 10.0. The maximum atomic E-state index is 13.0. The number of carbonyl (C=O) groups is 1. The van der Waals surface area contributed by atoms with Crippen LogP contribution in [-0.4, -0.2) is 38.1 Å². The van der Waals surface area contributed by atoms with Gasteiger partial charge >= 0.3 is 6.18 Å². The number of halogens is 3. The summed E-state index contributed by atoms with van der Waals surface area (Å²) in [6, 6.07) is 7.86. The molecule has 0 spiro atoms. The van der Waals surface area contributed by atoms with Crippen molar-refractivity contribution in [1.82, 2.24) is 10.2 Å². The monoisotopic (exact) mass is 436 g/mol. The predicted molar refractivity (Wildman–Crippen MR) is 111 cm³/mol. The van der Waals surface area contributed by atoms with Crippen LogP contribution in [0, 0.1) is 19.8 Å². The van der Waals surface area contributed by atoms with Crippen LogP contribution in [0.2, 0.25) is 0 Å². The highest BCUT2D eigenvalue weighted by Crippen LogP contribution is 2.37. The summed E-state index contributed by atoms with van der Waals surface area (Å²) in [6.45, 7) is 6.27. The van der Waals surface area contributed by atoms with E-state index in [1.54, 1.807) is 7.05 Å². The average Bonchev–Trinajstić information content (AvgIpc) is 2.68. The number of alkyl halides is 3. The van der Waals surface area contributed by atoms with E-state index in [2.05, 4.69) is 10.2 Å². The Bertz CT molecular complexity index is 931. The van der Waals surface area contributed by atoms with Gasteiger partial charge in [-0.1, -0.05) is 18.2 Å². The van der Waals surface area contributed by atoms with Crippen LogP contribution in [-0.2, 0) is 24.1 Å². The first-order chi connectivity index (χ1) is 14.6. The van der Waals surface area contributed by atoms with E-state index in [4.69, 9.17) is 9.47 Å². The van der Waals surface area contributed by atoms with Gasteiger partial charge < -0.3 is 14.8 Å². The average molecular weight is 436 g/mol. The third-order valence-electron chi connectivity index (χ3n) is 5.46. The Hall–Kier alpha value is -2.74. The summed E-state index contributed by atoms with van der Waals surface area (Å²) >= 11 is 0. The van der Waals surface area contributed by atoms with Crippen LogP contribution in [0.1, 0.15) is 27.8 Å². The van der Waals surface area contributed by atoms with Crippen molar-refractivity contribution in [3.63, 3.8) is 0 Å². The van der Waals surface area contributed by atoms with Crippen LogP contribution >= 0.6 is 0 Å². The lowest BCUT2D eigenvalue weighted by atomic mass is 9.97. The summed E-state index contributed by atoms with van der Waals surface area (Å²) in [6.07, 6.45) is -4.47. The lowest BCUT2D eigenvalue weighted by Gasteiger charge is -2.38. The van der Waals surface area contributed by atoms with Gasteiger partial charge in [-0.25, -0.2) is 0 Å². The topological polar surface area (TPSA) is 50.8 Å². The molecule has 1 N–H and O–H groups in total. The van der Waals surface area contributed by atoms with E-state index >= 15 is 0 Å². The van der Waals surface area contributed by atoms with Crippen molar-refractivity contribution in [2.45, 2.75) is 33.2 Å². The Labute approximate surface area is 180 Å². The molecular formula is C23H27F3N2O3. The van der Waals surface area contributed by atoms with Crippen molar-refractivity contribution < 1.29 is 27.4 Å². The summed E-state index contributed by atoms with van der Waals surface area (Å²) < 4.78 is 49.9. The number of carbonyl (C=O) groups excluding carboxylic acids is 1. The summed E-state index contributed by atoms with van der Waals surface area (Å²) in [5.74, 6) is 0.624. The Morgan fingerprint density at radius 2 is 1.77 bits per heavy atom. The fraction of sp³-hybridized carbons (Fsp3) is 0.435. The molecule has 0 radical (unpaired) electrons. The number of likely N-dealkylation sites (tertiary alicyclic amines) is 1. The molecule has 0 atom stereocenters. The van der Waals surface area contributed by atoms with Gasteiger partial charge in [-0.15, -0.1) is 0 Å². The van der Waals surface area contributed by atoms with Crippen molar-refractivity contribution in [2.75, 3.05) is 27.2 Å². The molecule has 0 saturated carbocycles. The van der Waals surface area contributed by atoms with E-state index in [9.17, 15) is 18.0 Å². The summed E-state index contributed by atoms with van der Waals surface area (Å²) in [7, 11) is 2.87. The molecule has 1 heterocycles. The predicted octanol–water partition coefficient (Wildman–Crippen LogP) is 4.09. The first kappa shape index (κ1) is 22.9. The van der Waals surface area contributed by atoms with E-state index in [-0.39, 0.29) is 24.2 Å². The number of hydrogen-bond donors (Lipinski definition) is 1. The molecule has 1 saturated heterocycles. The standard InChI is InChI=1S/C23H27F3N2O3/c1-14-7-17(10-28-11-18(12-28)22(29)27-3)8-15(2)21(14)31-13-16-5-6-19(23(24,25)26)20(9-16)30-4/h5-9,18H,10-13H2,1-4H3,(H,27,29). The SMILES string of the molecule is CNC(=O)C1CN(Cc2cc(C)c(OCc3ccc(C(F)(F)F)c(OC)c3)c(C)c2)C1. The third kappa shape index (κ3) is 5.31. The van der Waals surface area contributed by atoms with Gasteiger partial charge in [0.2, 0.25) is 5.91 Å². The smallest absolute Gasteiger partial charge is 0.419 e. The van der Waals surface area contributed by atoms with Crippen LogP contribution < -0.4 is 14.8 Å². The normalized spacial score (nSPS) is 14.8. The third-order valence-corrected chi connectivity index (χ3v) is 5.46. The molecule has 1 aliphatic rings. The van der Waals surface area contributed by atoms with Gasteiger partial charge in [0.25, 0.3) is 0 Å². The molecule has 2 aromatic carbocycles. The molecule has 31 heavy (non-hydrogen) atoms. The van der Waals surface area contributed by atoms with Crippen LogP contribution in [0.4, 0.5) is 13.2 Å². The molecule has 8 heteroatoms. The van der Waals surface area contributed by atoms with Gasteiger partial charge in [0.05, 0.1) is 18.6 Å². The zero-order valence-corrected chi connectivity index (χ0v) is 18.1. The van der Waals surface area contributed by atoms with Crippen molar-refractivity contribution in [3.05, 3.63) is 58.1 Å². The number of rotatable bonds is 7. The van der Waals surface area contributed by atoms with E-state index in [1.165, 1.54) is 19.2 Å². The van der Waals surface area contributed by atoms with Crippen molar-refractivity contribution in [1.29, 1.82) is 0 Å². The highest BCUT2D eigenvalue weighted by atomic mass is 19.4. The van der Waals surface area contributed by atoms with Gasteiger partial charge in [-0.3, -0.25) is 9.69 Å². The minimum absolute atomic E-state index is 0.0514. The van der Waals surface area contributed by atoms with Crippen molar-refractivity contribution >= 4 is 5.91 Å². The van der Waals surface area contributed by atoms with Crippen molar-refractivity contribution in [2.24, 2.45) is 5.92 Å². The van der Waals surface area contributed by atoms with Gasteiger partial charge in [-0.05, 0) is 48.2 Å². The molecule has 5 nitrogen and oxygen atoms in total. The zero-order valence-electron chi connectivity index (χ0n) is 18.1. The number of amides is 1. The van der Waals surface area contributed by atoms with Gasteiger partial charge in [0, 0.05) is 26.7 Å². The van der Waals surface area contributed by atoms with Crippen LogP contribution in [0.3, 0.4) is 0 Å². The number of nitrogens with one attached hydrogen (secondary N) is 1. The minimum atomic E-state index is -4.47. The molecular weight excluding hydrogens is 409 g/mol. The molecule has 0 unspecified atom stereocenters.